The van der Waals surface area contributed by atoms with Crippen LogP contribution in [0.25, 0.3) is 0 Å². The van der Waals surface area contributed by atoms with Crippen LogP contribution in [0.15, 0.2) is 54.6 Å². The van der Waals surface area contributed by atoms with E-state index in [4.69, 9.17) is 9.47 Å². The van der Waals surface area contributed by atoms with E-state index in [0.29, 0.717) is 37.5 Å². The summed E-state index contributed by atoms with van der Waals surface area (Å²) in [5.74, 6) is -2.10. The molecule has 1 saturated carbocycles. The van der Waals surface area contributed by atoms with Crippen molar-refractivity contribution in [2.45, 2.75) is 108 Å². The van der Waals surface area contributed by atoms with E-state index >= 15 is 0 Å². The number of benzene rings is 2. The Morgan fingerprint density at radius 2 is 1.60 bits per heavy atom. The number of rotatable bonds is 11. The van der Waals surface area contributed by atoms with E-state index in [1.807, 2.05) is 30.3 Å². The molecule has 4 rings (SSSR count). The lowest BCUT2D eigenvalue weighted by Crippen LogP contribution is -2.67. The van der Waals surface area contributed by atoms with Crippen LogP contribution in [0.1, 0.15) is 83.3 Å². The quantitative estimate of drug-likeness (QED) is 0.325. The summed E-state index contributed by atoms with van der Waals surface area (Å²) in [7, 11) is 1.20. The molecule has 3 amide bonds. The third kappa shape index (κ3) is 10.00. The van der Waals surface area contributed by atoms with Crippen molar-refractivity contribution < 1.29 is 33.0 Å². The molecule has 1 saturated heterocycles. The van der Waals surface area contributed by atoms with Crippen LogP contribution in [0, 0.1) is 5.82 Å². The van der Waals surface area contributed by atoms with Crippen LogP contribution in [0.5, 0.6) is 0 Å². The van der Waals surface area contributed by atoms with Crippen molar-refractivity contribution >= 4 is 23.9 Å². The van der Waals surface area contributed by atoms with Gasteiger partial charge in [0.2, 0.25) is 11.8 Å². The highest BCUT2D eigenvalue weighted by Gasteiger charge is 2.50. The van der Waals surface area contributed by atoms with Crippen LogP contribution >= 0.6 is 0 Å². The van der Waals surface area contributed by atoms with E-state index in [1.54, 1.807) is 32.9 Å². The molecule has 1 heterocycles. The number of carbonyl (C=O) groups excluding carboxylic acids is 4. The van der Waals surface area contributed by atoms with Crippen molar-refractivity contribution in [3.05, 3.63) is 71.5 Å². The number of hydrogen-bond acceptors (Lipinski definition) is 7. The number of ether oxygens (including phenoxy) is 2. The molecule has 10 nitrogen and oxygen atoms in total. The normalized spacial score (nSPS) is 17.6. The molecule has 0 radical (unpaired) electrons. The maximum Gasteiger partial charge on any atom is 0.408 e. The molecule has 0 unspecified atom stereocenters. The van der Waals surface area contributed by atoms with Crippen molar-refractivity contribution in [1.82, 2.24) is 20.4 Å². The minimum Gasteiger partial charge on any atom is -0.469 e. The minimum atomic E-state index is -1.38. The van der Waals surface area contributed by atoms with Gasteiger partial charge in [0.25, 0.3) is 0 Å². The van der Waals surface area contributed by atoms with Crippen LogP contribution in [0.4, 0.5) is 9.18 Å². The van der Waals surface area contributed by atoms with Crippen molar-refractivity contribution in [2.75, 3.05) is 20.2 Å². The summed E-state index contributed by atoms with van der Waals surface area (Å²) in [6.45, 7) is 6.47. The van der Waals surface area contributed by atoms with E-state index < -0.39 is 47.4 Å². The van der Waals surface area contributed by atoms with Gasteiger partial charge in [-0.25, -0.2) is 9.18 Å². The first-order valence-corrected chi connectivity index (χ1v) is 16.6. The second-order valence-corrected chi connectivity index (χ2v) is 13.6. The highest BCUT2D eigenvalue weighted by atomic mass is 19.1. The third-order valence-corrected chi connectivity index (χ3v) is 9.06. The Morgan fingerprint density at radius 1 is 0.957 bits per heavy atom. The second kappa shape index (κ2) is 16.2. The fourth-order valence-electron chi connectivity index (χ4n) is 6.57. The maximum atomic E-state index is 14.7. The highest BCUT2D eigenvalue weighted by Crippen LogP contribution is 2.35. The van der Waals surface area contributed by atoms with Gasteiger partial charge in [0.1, 0.15) is 23.0 Å². The number of amides is 3. The van der Waals surface area contributed by atoms with Gasteiger partial charge in [-0.2, -0.15) is 0 Å². The number of alkyl carbamates (subject to hydrolysis) is 1. The molecule has 2 N–H and O–H groups in total. The van der Waals surface area contributed by atoms with Crippen LogP contribution in [-0.4, -0.2) is 77.1 Å². The smallest absolute Gasteiger partial charge is 0.408 e. The van der Waals surface area contributed by atoms with Crippen LogP contribution in [0.2, 0.25) is 0 Å². The van der Waals surface area contributed by atoms with E-state index in [0.717, 1.165) is 18.4 Å². The number of piperidine rings is 1. The van der Waals surface area contributed by atoms with Crippen LogP contribution in [-0.2, 0) is 36.9 Å². The lowest BCUT2D eigenvalue weighted by atomic mass is 9.81. The number of carbonyl (C=O) groups is 4. The maximum absolute atomic E-state index is 14.7. The SMILES string of the molecule is COC(=O)C[C@H](NC(=O)OC(C)(C)C)C(=O)N(Cc1ccc(F)cc1)C1(C(=O)NCc2ccccc2)CCN(C2CCCCC2)CC1. The largest absolute Gasteiger partial charge is 0.469 e. The van der Waals surface area contributed by atoms with Crippen molar-refractivity contribution in [3.8, 4) is 0 Å². The van der Waals surface area contributed by atoms with Crippen LogP contribution < -0.4 is 10.6 Å². The summed E-state index contributed by atoms with van der Waals surface area (Å²) in [4.78, 5) is 58.6. The Morgan fingerprint density at radius 3 is 2.19 bits per heavy atom. The number of halogens is 1. The first-order valence-electron chi connectivity index (χ1n) is 16.6. The number of nitrogens with zero attached hydrogens (tertiary/aromatic N) is 2. The van der Waals surface area contributed by atoms with Gasteiger partial charge in [-0.3, -0.25) is 14.4 Å². The van der Waals surface area contributed by atoms with Gasteiger partial charge < -0.3 is 29.9 Å². The number of methoxy groups -OCH3 is 1. The molecular formula is C36H49FN4O6. The zero-order valence-corrected chi connectivity index (χ0v) is 28.1. The Labute approximate surface area is 277 Å². The van der Waals surface area contributed by atoms with Gasteiger partial charge in [0, 0.05) is 32.2 Å². The third-order valence-electron chi connectivity index (χ3n) is 9.06. The molecule has 47 heavy (non-hydrogen) atoms. The zero-order valence-electron chi connectivity index (χ0n) is 28.1. The van der Waals surface area contributed by atoms with Crippen molar-refractivity contribution in [1.29, 1.82) is 0 Å². The summed E-state index contributed by atoms with van der Waals surface area (Å²) in [5, 5.41) is 5.65. The lowest BCUT2D eigenvalue weighted by molar-refractivity contribution is -0.156. The molecule has 11 heteroatoms. The molecule has 0 spiro atoms. The minimum absolute atomic E-state index is 0.0467. The molecule has 2 fully saturated rings. The number of esters is 1. The highest BCUT2D eigenvalue weighted by molar-refractivity contribution is 5.96. The van der Waals surface area contributed by atoms with E-state index in [9.17, 15) is 23.6 Å². The monoisotopic (exact) mass is 652 g/mol. The molecule has 2 aromatic rings. The number of likely N-dealkylation sites (tertiary alicyclic amines) is 1. The van der Waals surface area contributed by atoms with Gasteiger partial charge in [0.15, 0.2) is 0 Å². The fourth-order valence-corrected chi connectivity index (χ4v) is 6.57. The van der Waals surface area contributed by atoms with E-state index in [1.165, 1.54) is 43.4 Å². The summed E-state index contributed by atoms with van der Waals surface area (Å²) in [5.41, 5.74) is -0.683. The molecule has 2 aliphatic rings. The van der Waals surface area contributed by atoms with Gasteiger partial charge in [-0.05, 0) is 69.7 Å². The average molecular weight is 653 g/mol. The number of nitrogens with one attached hydrogen (secondary N) is 2. The summed E-state index contributed by atoms with van der Waals surface area (Å²) in [6, 6.07) is 14.3. The first kappa shape index (κ1) is 35.9. The molecular weight excluding hydrogens is 603 g/mol. The second-order valence-electron chi connectivity index (χ2n) is 13.6. The van der Waals surface area contributed by atoms with Gasteiger partial charge >= 0.3 is 12.1 Å². The molecule has 0 aromatic heterocycles. The van der Waals surface area contributed by atoms with E-state index in [-0.39, 0.29) is 19.0 Å². The predicted molar refractivity (Wildman–Crippen MR) is 175 cm³/mol. The average Bonchev–Trinajstić information content (AvgIpc) is 3.06. The Kier molecular flexibility index (Phi) is 12.4. The molecule has 0 bridgehead atoms. The first-order chi connectivity index (χ1) is 22.4. The van der Waals surface area contributed by atoms with Crippen molar-refractivity contribution in [2.24, 2.45) is 0 Å². The van der Waals surface area contributed by atoms with Gasteiger partial charge in [-0.15, -0.1) is 0 Å². The number of hydrogen-bond donors (Lipinski definition) is 2. The molecule has 2 aromatic carbocycles. The molecule has 1 atom stereocenters. The van der Waals surface area contributed by atoms with Crippen LogP contribution in [0.3, 0.4) is 0 Å². The molecule has 1 aliphatic carbocycles. The Balaban J connectivity index is 1.73. The lowest BCUT2D eigenvalue weighted by Gasteiger charge is -2.50. The summed E-state index contributed by atoms with van der Waals surface area (Å²) in [6.07, 6.45) is 5.11. The Bertz CT molecular complexity index is 1350. The van der Waals surface area contributed by atoms with Crippen molar-refractivity contribution in [3.63, 3.8) is 0 Å². The van der Waals surface area contributed by atoms with Gasteiger partial charge in [0.05, 0.1) is 13.5 Å². The summed E-state index contributed by atoms with van der Waals surface area (Å²) < 4.78 is 24.3. The Hall–Kier alpha value is -3.99. The topological polar surface area (TPSA) is 117 Å². The molecule has 256 valence electrons. The summed E-state index contributed by atoms with van der Waals surface area (Å²) >= 11 is 0. The zero-order chi connectivity index (χ0) is 34.0. The predicted octanol–water partition coefficient (Wildman–Crippen LogP) is 5.09. The standard InChI is InChI=1S/C36H49FN4O6/c1-35(2,3)47-34(45)39-30(23-31(42)46-4)32(43)41(25-27-15-17-28(37)18-16-27)36(33(44)38-24-26-11-7-5-8-12-26)19-21-40(22-20-36)29-13-9-6-10-14-29/h5,7-8,11-12,15-18,29-30H,6,9-10,13-14,19-25H2,1-4H3,(H,38,44)(H,39,45)/t30-/m0/s1. The van der Waals surface area contributed by atoms with E-state index in [2.05, 4.69) is 15.5 Å². The molecule has 1 aliphatic heterocycles. The fraction of sp³-hybridized carbons (Fsp3) is 0.556. The van der Waals surface area contributed by atoms with Gasteiger partial charge in [-0.1, -0.05) is 61.7 Å².